The van der Waals surface area contributed by atoms with Crippen molar-refractivity contribution < 1.29 is 14.3 Å². The van der Waals surface area contributed by atoms with Gasteiger partial charge >= 0.3 is 0 Å². The molecule has 1 amide bonds. The van der Waals surface area contributed by atoms with Crippen molar-refractivity contribution in [2.75, 3.05) is 20.2 Å². The van der Waals surface area contributed by atoms with Gasteiger partial charge in [-0.15, -0.1) is 0 Å². The van der Waals surface area contributed by atoms with E-state index in [0.29, 0.717) is 30.5 Å². The van der Waals surface area contributed by atoms with Crippen LogP contribution in [-0.2, 0) is 0 Å². The smallest absolute Gasteiger partial charge is 0.273 e. The Morgan fingerprint density at radius 1 is 1.19 bits per heavy atom. The van der Waals surface area contributed by atoms with Crippen LogP contribution in [0.15, 0.2) is 48.9 Å². The number of rotatable bonds is 4. The molecule has 2 aromatic heterocycles. The Morgan fingerprint density at radius 3 is 2.92 bits per heavy atom. The maximum atomic E-state index is 12.9. The zero-order valence-corrected chi connectivity index (χ0v) is 14.3. The molecule has 0 spiro atoms. The first-order valence-corrected chi connectivity index (χ1v) is 8.40. The van der Waals surface area contributed by atoms with E-state index in [1.165, 1.54) is 13.3 Å². The summed E-state index contributed by atoms with van der Waals surface area (Å²) in [6.45, 7) is 1.11. The number of aromatic nitrogens is 3. The van der Waals surface area contributed by atoms with Crippen molar-refractivity contribution in [3.8, 4) is 11.8 Å². The van der Waals surface area contributed by atoms with Gasteiger partial charge in [0.25, 0.3) is 5.91 Å². The maximum Gasteiger partial charge on any atom is 0.273 e. The SMILES string of the molecule is COc1cncc(OC2CCN(C(=O)c3nccc4ccccc34)C2)n1. The summed E-state index contributed by atoms with van der Waals surface area (Å²) in [5, 5.41) is 1.87. The topological polar surface area (TPSA) is 77.4 Å². The van der Waals surface area contributed by atoms with Gasteiger partial charge in [0.2, 0.25) is 11.8 Å². The van der Waals surface area contributed by atoms with E-state index in [-0.39, 0.29) is 12.0 Å². The fourth-order valence-electron chi connectivity index (χ4n) is 3.11. The van der Waals surface area contributed by atoms with Crippen molar-refractivity contribution in [3.63, 3.8) is 0 Å². The van der Waals surface area contributed by atoms with Crippen LogP contribution in [-0.4, -0.2) is 52.1 Å². The molecule has 3 aromatic rings. The molecule has 1 aliphatic rings. The van der Waals surface area contributed by atoms with Crippen LogP contribution >= 0.6 is 0 Å². The standard InChI is InChI=1S/C19H18N4O3/c1-25-16-10-20-11-17(22-16)26-14-7-9-23(12-14)19(24)18-15-5-3-2-4-13(15)6-8-21-18/h2-6,8,10-11,14H,7,9,12H2,1H3. The molecule has 0 bridgehead atoms. The Morgan fingerprint density at radius 2 is 2.04 bits per heavy atom. The van der Waals surface area contributed by atoms with E-state index < -0.39 is 0 Å². The molecule has 1 fully saturated rings. The highest BCUT2D eigenvalue weighted by Crippen LogP contribution is 2.22. The average Bonchev–Trinajstić information content (AvgIpc) is 3.15. The van der Waals surface area contributed by atoms with Gasteiger partial charge < -0.3 is 14.4 Å². The first-order chi connectivity index (χ1) is 12.7. The van der Waals surface area contributed by atoms with Crippen molar-refractivity contribution in [1.82, 2.24) is 19.9 Å². The van der Waals surface area contributed by atoms with Gasteiger partial charge in [0.1, 0.15) is 11.8 Å². The third-order valence-corrected chi connectivity index (χ3v) is 4.40. The second kappa shape index (κ2) is 6.95. The average molecular weight is 350 g/mol. The minimum Gasteiger partial charge on any atom is -0.480 e. The Kier molecular flexibility index (Phi) is 4.35. The first kappa shape index (κ1) is 16.3. The van der Waals surface area contributed by atoms with Gasteiger partial charge in [-0.1, -0.05) is 24.3 Å². The minimum atomic E-state index is -0.129. The van der Waals surface area contributed by atoms with Crippen molar-refractivity contribution in [3.05, 3.63) is 54.6 Å². The van der Waals surface area contributed by atoms with E-state index in [2.05, 4.69) is 15.0 Å². The summed E-state index contributed by atoms with van der Waals surface area (Å²) in [5.41, 5.74) is 0.477. The number of carbonyl (C=O) groups excluding carboxylic acids is 1. The monoisotopic (exact) mass is 350 g/mol. The third kappa shape index (κ3) is 3.15. The summed E-state index contributed by atoms with van der Waals surface area (Å²) < 4.78 is 10.9. The van der Waals surface area contributed by atoms with Crippen LogP contribution < -0.4 is 9.47 Å². The van der Waals surface area contributed by atoms with Crippen LogP contribution in [0.3, 0.4) is 0 Å². The number of likely N-dealkylation sites (tertiary alicyclic amines) is 1. The van der Waals surface area contributed by atoms with Crippen LogP contribution in [0.4, 0.5) is 0 Å². The van der Waals surface area contributed by atoms with Gasteiger partial charge in [0, 0.05) is 24.5 Å². The predicted octanol–water partition coefficient (Wildman–Crippen LogP) is 2.33. The lowest BCUT2D eigenvalue weighted by molar-refractivity contribution is 0.0767. The first-order valence-electron chi connectivity index (χ1n) is 8.40. The van der Waals surface area contributed by atoms with Crippen molar-refractivity contribution in [2.45, 2.75) is 12.5 Å². The number of hydrogen-bond acceptors (Lipinski definition) is 6. The quantitative estimate of drug-likeness (QED) is 0.719. The zero-order valence-electron chi connectivity index (χ0n) is 14.3. The number of hydrogen-bond donors (Lipinski definition) is 0. The molecule has 7 nitrogen and oxygen atoms in total. The van der Waals surface area contributed by atoms with E-state index in [1.54, 1.807) is 17.3 Å². The van der Waals surface area contributed by atoms with E-state index in [1.807, 2.05) is 30.3 Å². The van der Waals surface area contributed by atoms with Crippen molar-refractivity contribution in [1.29, 1.82) is 0 Å². The van der Waals surface area contributed by atoms with Gasteiger partial charge in [-0.25, -0.2) is 0 Å². The van der Waals surface area contributed by atoms with E-state index in [0.717, 1.165) is 17.2 Å². The molecule has 3 heterocycles. The van der Waals surface area contributed by atoms with Crippen LogP contribution in [0.2, 0.25) is 0 Å². The molecular weight excluding hydrogens is 332 g/mol. The fourth-order valence-corrected chi connectivity index (χ4v) is 3.11. The van der Waals surface area contributed by atoms with Crippen LogP contribution in [0.1, 0.15) is 16.9 Å². The lowest BCUT2D eigenvalue weighted by Gasteiger charge is -2.17. The largest absolute Gasteiger partial charge is 0.480 e. The molecule has 0 radical (unpaired) electrons. The molecule has 0 N–H and O–H groups in total. The lowest BCUT2D eigenvalue weighted by Crippen LogP contribution is -2.31. The van der Waals surface area contributed by atoms with Gasteiger partial charge in [-0.3, -0.25) is 14.8 Å². The third-order valence-electron chi connectivity index (χ3n) is 4.40. The fraction of sp³-hybridized carbons (Fsp3) is 0.263. The molecule has 7 heteroatoms. The molecule has 1 aliphatic heterocycles. The number of ether oxygens (including phenoxy) is 2. The molecule has 132 valence electrons. The highest BCUT2D eigenvalue weighted by atomic mass is 16.5. The number of benzene rings is 1. The highest BCUT2D eigenvalue weighted by molar-refractivity contribution is 6.05. The van der Waals surface area contributed by atoms with Gasteiger partial charge in [-0.05, 0) is 11.5 Å². The number of amides is 1. The summed E-state index contributed by atoms with van der Waals surface area (Å²) in [7, 11) is 1.53. The van der Waals surface area contributed by atoms with Crippen LogP contribution in [0.5, 0.6) is 11.8 Å². The van der Waals surface area contributed by atoms with Crippen molar-refractivity contribution in [2.24, 2.45) is 0 Å². The molecular formula is C19H18N4O3. The van der Waals surface area contributed by atoms with E-state index in [9.17, 15) is 4.79 Å². The Labute approximate surface area is 150 Å². The van der Waals surface area contributed by atoms with Gasteiger partial charge in [0.05, 0.1) is 26.0 Å². The second-order valence-corrected chi connectivity index (χ2v) is 6.06. The summed E-state index contributed by atoms with van der Waals surface area (Å²) >= 11 is 0. The summed E-state index contributed by atoms with van der Waals surface area (Å²) in [6, 6.07) is 9.67. The summed E-state index contributed by atoms with van der Waals surface area (Å²) in [5.74, 6) is 0.713. The Balaban J connectivity index is 1.48. The number of methoxy groups -OCH3 is 1. The van der Waals surface area contributed by atoms with Crippen molar-refractivity contribution >= 4 is 16.7 Å². The molecule has 1 unspecified atom stereocenters. The number of nitrogens with zero attached hydrogens (tertiary/aromatic N) is 4. The molecule has 26 heavy (non-hydrogen) atoms. The molecule has 4 rings (SSSR count). The number of carbonyl (C=O) groups is 1. The number of fused-ring (bicyclic) bond motifs is 1. The zero-order chi connectivity index (χ0) is 17.9. The van der Waals surface area contributed by atoms with Gasteiger partial charge in [-0.2, -0.15) is 4.98 Å². The predicted molar refractivity (Wildman–Crippen MR) is 95.3 cm³/mol. The number of pyridine rings is 1. The van der Waals surface area contributed by atoms with E-state index >= 15 is 0 Å². The molecule has 1 atom stereocenters. The normalized spacial score (nSPS) is 16.7. The van der Waals surface area contributed by atoms with Crippen LogP contribution in [0.25, 0.3) is 10.8 Å². The van der Waals surface area contributed by atoms with Crippen LogP contribution in [0, 0.1) is 0 Å². The maximum absolute atomic E-state index is 12.9. The molecule has 1 saturated heterocycles. The molecule has 1 aromatic carbocycles. The Bertz CT molecular complexity index is 941. The van der Waals surface area contributed by atoms with E-state index in [4.69, 9.17) is 9.47 Å². The summed E-state index contributed by atoms with van der Waals surface area (Å²) in [6.07, 6.45) is 5.33. The Hall–Kier alpha value is -3.22. The molecule has 0 aliphatic carbocycles. The van der Waals surface area contributed by atoms with Gasteiger partial charge in [0.15, 0.2) is 0 Å². The second-order valence-electron chi connectivity index (χ2n) is 6.06. The highest BCUT2D eigenvalue weighted by Gasteiger charge is 2.30. The lowest BCUT2D eigenvalue weighted by atomic mass is 10.1. The summed E-state index contributed by atoms with van der Waals surface area (Å²) in [4.78, 5) is 27.2. The minimum absolute atomic E-state index is 0.0790. The molecule has 0 saturated carbocycles.